The number of nitrogens with two attached hydrogens (primary N) is 2. The lowest BCUT2D eigenvalue weighted by atomic mass is 9.85. The third kappa shape index (κ3) is 5.25. The van der Waals surface area contributed by atoms with Crippen molar-refractivity contribution >= 4 is 17.6 Å². The molecule has 2 aromatic rings. The molecule has 1 amide bonds. The van der Waals surface area contributed by atoms with Gasteiger partial charge in [-0.2, -0.15) is 0 Å². The van der Waals surface area contributed by atoms with E-state index in [0.717, 1.165) is 41.7 Å². The minimum atomic E-state index is -0.227. The van der Waals surface area contributed by atoms with Gasteiger partial charge in [0, 0.05) is 31.5 Å². The maximum atomic E-state index is 12.6. The minimum Gasteiger partial charge on any atom is -0.486 e. The van der Waals surface area contributed by atoms with Crippen molar-refractivity contribution in [1.82, 2.24) is 5.32 Å². The Morgan fingerprint density at radius 1 is 1.14 bits per heavy atom. The number of dihydropyridines is 1. The molecule has 1 heterocycles. The zero-order valence-electron chi connectivity index (χ0n) is 20.4. The van der Waals surface area contributed by atoms with Crippen LogP contribution in [0.2, 0.25) is 0 Å². The van der Waals surface area contributed by atoms with Gasteiger partial charge in [0.2, 0.25) is 0 Å². The van der Waals surface area contributed by atoms with Crippen molar-refractivity contribution in [3.63, 3.8) is 0 Å². The SMILES string of the molecule is CN=C(N)C1=C(C2=CCC(Oc3ccccc3)C=C2)CC(c2cccc(C(=O)NC3CC3)c2)N=C1N. The second-order valence-electron chi connectivity index (χ2n) is 9.29. The normalized spacial score (nSPS) is 22.1. The average molecular weight is 482 g/mol. The quantitative estimate of drug-likeness (QED) is 0.410. The number of amides is 1. The minimum absolute atomic E-state index is 0.0479. The Morgan fingerprint density at radius 3 is 2.64 bits per heavy atom. The van der Waals surface area contributed by atoms with Crippen molar-refractivity contribution in [1.29, 1.82) is 0 Å². The van der Waals surface area contributed by atoms with Crippen LogP contribution in [0, 0.1) is 0 Å². The lowest BCUT2D eigenvalue weighted by Gasteiger charge is -2.27. The Hall–Kier alpha value is -4.13. The Balaban J connectivity index is 1.39. The van der Waals surface area contributed by atoms with Crippen molar-refractivity contribution in [2.24, 2.45) is 21.5 Å². The van der Waals surface area contributed by atoms with Gasteiger partial charge in [0.1, 0.15) is 23.5 Å². The molecule has 2 aromatic carbocycles. The molecule has 184 valence electrons. The van der Waals surface area contributed by atoms with Gasteiger partial charge in [0.05, 0.1) is 11.6 Å². The van der Waals surface area contributed by atoms with Gasteiger partial charge in [-0.25, -0.2) is 0 Å². The van der Waals surface area contributed by atoms with Gasteiger partial charge in [-0.1, -0.05) is 42.5 Å². The molecular formula is C29H31N5O2. The number of allylic oxidation sites excluding steroid dienone is 2. The summed E-state index contributed by atoms with van der Waals surface area (Å²) in [5, 5.41) is 3.05. The Kier molecular flexibility index (Phi) is 6.71. The van der Waals surface area contributed by atoms with E-state index in [9.17, 15) is 4.79 Å². The highest BCUT2D eigenvalue weighted by atomic mass is 16.5. The summed E-state index contributed by atoms with van der Waals surface area (Å²) in [7, 11) is 1.65. The van der Waals surface area contributed by atoms with E-state index in [4.69, 9.17) is 21.2 Å². The summed E-state index contributed by atoms with van der Waals surface area (Å²) in [6, 6.07) is 17.5. The number of hydrogen-bond donors (Lipinski definition) is 3. The number of nitrogens with one attached hydrogen (secondary N) is 1. The highest BCUT2D eigenvalue weighted by molar-refractivity contribution is 6.23. The van der Waals surface area contributed by atoms with E-state index < -0.39 is 0 Å². The Morgan fingerprint density at radius 2 is 1.94 bits per heavy atom. The molecule has 1 saturated carbocycles. The second-order valence-corrected chi connectivity index (χ2v) is 9.29. The van der Waals surface area contributed by atoms with Gasteiger partial charge in [-0.05, 0) is 59.9 Å². The molecule has 1 fully saturated rings. The van der Waals surface area contributed by atoms with E-state index in [1.807, 2.05) is 54.6 Å². The molecule has 0 saturated heterocycles. The number of amidine groups is 2. The molecule has 1 aliphatic heterocycles. The van der Waals surface area contributed by atoms with Gasteiger partial charge < -0.3 is 21.5 Å². The molecule has 36 heavy (non-hydrogen) atoms. The van der Waals surface area contributed by atoms with E-state index in [1.165, 1.54) is 0 Å². The molecule has 7 heteroatoms. The topological polar surface area (TPSA) is 115 Å². The van der Waals surface area contributed by atoms with Crippen LogP contribution in [0.25, 0.3) is 0 Å². The number of hydrogen-bond acceptors (Lipinski definition) is 5. The van der Waals surface area contributed by atoms with Gasteiger partial charge in [-0.15, -0.1) is 0 Å². The summed E-state index contributed by atoms with van der Waals surface area (Å²) in [6.45, 7) is 0. The summed E-state index contributed by atoms with van der Waals surface area (Å²) in [5.41, 5.74) is 17.0. The first-order valence-corrected chi connectivity index (χ1v) is 12.3. The van der Waals surface area contributed by atoms with Crippen LogP contribution in [0.5, 0.6) is 5.75 Å². The first-order valence-electron chi connectivity index (χ1n) is 12.3. The van der Waals surface area contributed by atoms with Crippen LogP contribution in [0.15, 0.2) is 99.5 Å². The van der Waals surface area contributed by atoms with Gasteiger partial charge in [0.25, 0.3) is 5.91 Å². The van der Waals surface area contributed by atoms with Crippen LogP contribution in [-0.4, -0.2) is 36.8 Å². The lowest BCUT2D eigenvalue weighted by Crippen LogP contribution is -2.32. The predicted octanol–water partition coefficient (Wildman–Crippen LogP) is 4.00. The number of carbonyl (C=O) groups excluding carboxylic acids is 1. The van der Waals surface area contributed by atoms with Crippen LogP contribution in [0.4, 0.5) is 0 Å². The van der Waals surface area contributed by atoms with Crippen LogP contribution in [0.3, 0.4) is 0 Å². The maximum Gasteiger partial charge on any atom is 0.251 e. The van der Waals surface area contributed by atoms with E-state index >= 15 is 0 Å². The summed E-state index contributed by atoms with van der Waals surface area (Å²) in [6.07, 6.45) is 9.64. The number of nitrogens with zero attached hydrogens (tertiary/aromatic N) is 2. The monoisotopic (exact) mass is 481 g/mol. The molecule has 5 rings (SSSR count). The fourth-order valence-corrected chi connectivity index (χ4v) is 4.55. The molecule has 3 aliphatic rings. The van der Waals surface area contributed by atoms with Crippen LogP contribution in [-0.2, 0) is 0 Å². The summed E-state index contributed by atoms with van der Waals surface area (Å²) >= 11 is 0. The molecule has 0 spiro atoms. The van der Waals surface area contributed by atoms with Crippen molar-refractivity contribution in [2.75, 3.05) is 7.05 Å². The number of rotatable bonds is 7. The molecule has 7 nitrogen and oxygen atoms in total. The third-order valence-corrected chi connectivity index (χ3v) is 6.63. The number of para-hydroxylation sites is 1. The van der Waals surface area contributed by atoms with Gasteiger partial charge >= 0.3 is 0 Å². The third-order valence-electron chi connectivity index (χ3n) is 6.63. The van der Waals surface area contributed by atoms with E-state index in [-0.39, 0.29) is 18.1 Å². The highest BCUT2D eigenvalue weighted by Gasteiger charge is 2.29. The van der Waals surface area contributed by atoms with Gasteiger partial charge in [-0.3, -0.25) is 14.8 Å². The standard InChI is InChI=1S/C29H31N5O2/c1-32-27(30)26-24(18-10-14-23(15-11-18)36-22-8-3-2-4-9-22)17-25(34-28(26)31)19-6-5-7-20(16-19)29(35)33-21-12-13-21/h2-11,14,16,21,23,25H,12-13,15,17H2,1H3,(H2,30,32)(H2,31,34)(H,33,35). The Labute approximate surface area is 211 Å². The van der Waals surface area contributed by atoms with Crippen molar-refractivity contribution < 1.29 is 9.53 Å². The summed E-state index contributed by atoms with van der Waals surface area (Å²) in [4.78, 5) is 21.6. The number of ether oxygens (including phenoxy) is 1. The number of aliphatic imine (C=N–C) groups is 2. The molecule has 2 atom stereocenters. The molecular weight excluding hydrogens is 450 g/mol. The zero-order chi connectivity index (χ0) is 25.1. The smallest absolute Gasteiger partial charge is 0.251 e. The average Bonchev–Trinajstić information content (AvgIpc) is 3.73. The molecule has 2 aliphatic carbocycles. The summed E-state index contributed by atoms with van der Waals surface area (Å²) < 4.78 is 6.08. The van der Waals surface area contributed by atoms with Crippen molar-refractivity contribution in [2.45, 2.75) is 43.9 Å². The second kappa shape index (κ2) is 10.2. The number of benzene rings is 2. The Bertz CT molecular complexity index is 1300. The first-order chi connectivity index (χ1) is 17.5. The fraction of sp³-hybridized carbons (Fsp3) is 0.276. The van der Waals surface area contributed by atoms with E-state index in [2.05, 4.69) is 28.5 Å². The van der Waals surface area contributed by atoms with Crippen molar-refractivity contribution in [3.8, 4) is 5.75 Å². The van der Waals surface area contributed by atoms with Crippen LogP contribution in [0.1, 0.15) is 47.6 Å². The molecule has 5 N–H and O–H groups in total. The number of carbonyl (C=O) groups is 1. The fourth-order valence-electron chi connectivity index (χ4n) is 4.55. The molecule has 2 unspecified atom stereocenters. The van der Waals surface area contributed by atoms with Crippen LogP contribution < -0.4 is 21.5 Å². The highest BCUT2D eigenvalue weighted by Crippen LogP contribution is 2.37. The lowest BCUT2D eigenvalue weighted by molar-refractivity contribution is 0.0951. The van der Waals surface area contributed by atoms with Gasteiger partial charge in [0.15, 0.2) is 0 Å². The molecule has 0 aromatic heterocycles. The largest absolute Gasteiger partial charge is 0.486 e. The summed E-state index contributed by atoms with van der Waals surface area (Å²) in [5.74, 6) is 1.51. The van der Waals surface area contributed by atoms with Crippen molar-refractivity contribution in [3.05, 3.63) is 101 Å². The van der Waals surface area contributed by atoms with E-state index in [0.29, 0.717) is 35.3 Å². The maximum absolute atomic E-state index is 12.6. The predicted molar refractivity (Wildman–Crippen MR) is 143 cm³/mol. The molecule has 0 radical (unpaired) electrons. The van der Waals surface area contributed by atoms with Crippen LogP contribution >= 0.6 is 0 Å². The van der Waals surface area contributed by atoms with E-state index in [1.54, 1.807) is 7.05 Å². The molecule has 0 bridgehead atoms. The zero-order valence-corrected chi connectivity index (χ0v) is 20.4. The first kappa shape index (κ1) is 23.6.